The van der Waals surface area contributed by atoms with Crippen molar-refractivity contribution in [2.75, 3.05) is 6.61 Å². The summed E-state index contributed by atoms with van der Waals surface area (Å²) in [5, 5.41) is 3.93. The van der Waals surface area contributed by atoms with Crippen molar-refractivity contribution in [3.8, 4) is 5.75 Å². The molecule has 0 aliphatic heterocycles. The van der Waals surface area contributed by atoms with Gasteiger partial charge in [-0.1, -0.05) is 84.6 Å². The number of halogens is 1. The Labute approximate surface area is 231 Å². The van der Waals surface area contributed by atoms with Gasteiger partial charge in [-0.15, -0.1) is 0 Å². The zero-order valence-corrected chi connectivity index (χ0v) is 23.3. The van der Waals surface area contributed by atoms with E-state index >= 15 is 0 Å². The summed E-state index contributed by atoms with van der Waals surface area (Å²) in [5.41, 5.74) is 4.90. The Morgan fingerprint density at radius 3 is 2.21 bits per heavy atom. The molecule has 0 bridgehead atoms. The van der Waals surface area contributed by atoms with Gasteiger partial charge in [0.2, 0.25) is 5.91 Å². The molecule has 6 heteroatoms. The van der Waals surface area contributed by atoms with E-state index in [-0.39, 0.29) is 24.5 Å². The van der Waals surface area contributed by atoms with Crippen LogP contribution in [0.25, 0.3) is 0 Å². The molecule has 1 aliphatic carbocycles. The summed E-state index contributed by atoms with van der Waals surface area (Å²) in [6.07, 6.45) is 4.63. The van der Waals surface area contributed by atoms with Crippen molar-refractivity contribution in [1.29, 1.82) is 0 Å². The van der Waals surface area contributed by atoms with Gasteiger partial charge < -0.3 is 15.0 Å². The monoisotopic (exact) mass is 532 g/mol. The van der Waals surface area contributed by atoms with Gasteiger partial charge in [0.05, 0.1) is 0 Å². The van der Waals surface area contributed by atoms with Crippen molar-refractivity contribution in [2.45, 2.75) is 71.5 Å². The molecule has 0 spiro atoms. The molecule has 4 rings (SSSR count). The molecule has 1 N–H and O–H groups in total. The smallest absolute Gasteiger partial charge is 0.261 e. The van der Waals surface area contributed by atoms with Crippen LogP contribution in [0.15, 0.2) is 66.7 Å². The number of hydrogen-bond donors (Lipinski definition) is 1. The summed E-state index contributed by atoms with van der Waals surface area (Å²) in [6, 6.07) is 21.1. The van der Waals surface area contributed by atoms with Crippen LogP contribution in [0, 0.1) is 20.8 Å². The van der Waals surface area contributed by atoms with Crippen molar-refractivity contribution in [1.82, 2.24) is 10.2 Å². The molecule has 0 saturated heterocycles. The Morgan fingerprint density at radius 2 is 1.58 bits per heavy atom. The first kappa shape index (κ1) is 27.7. The molecule has 5 nitrogen and oxygen atoms in total. The maximum atomic E-state index is 13.8. The molecular weight excluding hydrogens is 496 g/mol. The molecular formula is C32H37ClN2O3. The molecule has 200 valence electrons. The van der Waals surface area contributed by atoms with E-state index in [4.69, 9.17) is 16.3 Å². The lowest BCUT2D eigenvalue weighted by molar-refractivity contribution is -0.143. The maximum absolute atomic E-state index is 13.8. The lowest BCUT2D eigenvalue weighted by Crippen LogP contribution is -2.53. The Balaban J connectivity index is 1.61. The first-order valence-corrected chi connectivity index (χ1v) is 13.8. The van der Waals surface area contributed by atoms with E-state index in [1.807, 2.05) is 87.5 Å². The fraction of sp³-hybridized carbons (Fsp3) is 0.375. The molecule has 2 amide bonds. The molecule has 0 aromatic heterocycles. The minimum atomic E-state index is -0.663. The number of rotatable bonds is 10. The molecule has 1 aliphatic rings. The van der Waals surface area contributed by atoms with Gasteiger partial charge in [0.1, 0.15) is 11.8 Å². The molecule has 0 heterocycles. The second kappa shape index (κ2) is 13.0. The second-order valence-electron chi connectivity index (χ2n) is 10.4. The maximum Gasteiger partial charge on any atom is 0.261 e. The van der Waals surface area contributed by atoms with Gasteiger partial charge in [0.15, 0.2) is 6.61 Å². The third-order valence-corrected chi connectivity index (χ3v) is 7.81. The van der Waals surface area contributed by atoms with E-state index < -0.39 is 6.04 Å². The van der Waals surface area contributed by atoms with Gasteiger partial charge in [-0.05, 0) is 68.0 Å². The van der Waals surface area contributed by atoms with Crippen LogP contribution in [0.4, 0.5) is 0 Å². The van der Waals surface area contributed by atoms with E-state index in [1.54, 1.807) is 4.90 Å². The van der Waals surface area contributed by atoms with E-state index in [2.05, 4.69) is 5.32 Å². The Hall–Kier alpha value is -3.31. The molecule has 3 aromatic carbocycles. The predicted molar refractivity (Wildman–Crippen MR) is 152 cm³/mol. The average Bonchev–Trinajstić information content (AvgIpc) is 3.42. The zero-order chi connectivity index (χ0) is 27.1. The third-order valence-electron chi connectivity index (χ3n) is 7.22. The van der Waals surface area contributed by atoms with Gasteiger partial charge in [0, 0.05) is 24.0 Å². The van der Waals surface area contributed by atoms with Crippen LogP contribution in [0.5, 0.6) is 5.75 Å². The number of benzene rings is 3. The molecule has 38 heavy (non-hydrogen) atoms. The van der Waals surface area contributed by atoms with E-state index in [0.29, 0.717) is 23.7 Å². The quantitative estimate of drug-likeness (QED) is 0.331. The average molecular weight is 533 g/mol. The van der Waals surface area contributed by atoms with Gasteiger partial charge in [-0.3, -0.25) is 9.59 Å². The zero-order valence-electron chi connectivity index (χ0n) is 22.5. The number of ether oxygens (including phenoxy) is 1. The van der Waals surface area contributed by atoms with Crippen LogP contribution in [0.1, 0.15) is 53.5 Å². The number of carbonyl (C=O) groups excluding carboxylic acids is 2. The van der Waals surface area contributed by atoms with Crippen LogP contribution >= 0.6 is 11.6 Å². The summed E-state index contributed by atoms with van der Waals surface area (Å²) >= 11 is 6.31. The Morgan fingerprint density at radius 1 is 0.947 bits per heavy atom. The topological polar surface area (TPSA) is 58.6 Å². The van der Waals surface area contributed by atoms with Crippen molar-refractivity contribution in [3.05, 3.63) is 99.6 Å². The highest BCUT2D eigenvalue weighted by Gasteiger charge is 2.32. The van der Waals surface area contributed by atoms with Crippen molar-refractivity contribution in [3.63, 3.8) is 0 Å². The molecule has 1 saturated carbocycles. The first-order valence-electron chi connectivity index (χ1n) is 13.4. The van der Waals surface area contributed by atoms with Crippen LogP contribution in [0.3, 0.4) is 0 Å². The molecule has 1 fully saturated rings. The lowest BCUT2D eigenvalue weighted by atomic mass is 10.0. The lowest BCUT2D eigenvalue weighted by Gasteiger charge is -2.32. The van der Waals surface area contributed by atoms with E-state index in [0.717, 1.165) is 53.5 Å². The van der Waals surface area contributed by atoms with Gasteiger partial charge in [-0.2, -0.15) is 0 Å². The predicted octanol–water partition coefficient (Wildman–Crippen LogP) is 6.34. The number of carbonyl (C=O) groups is 2. The fourth-order valence-corrected chi connectivity index (χ4v) is 5.14. The van der Waals surface area contributed by atoms with Gasteiger partial charge >= 0.3 is 0 Å². The number of amides is 2. The van der Waals surface area contributed by atoms with Gasteiger partial charge in [0.25, 0.3) is 5.91 Å². The number of hydrogen-bond acceptors (Lipinski definition) is 3. The Kier molecular flexibility index (Phi) is 9.46. The van der Waals surface area contributed by atoms with Gasteiger partial charge in [-0.25, -0.2) is 0 Å². The summed E-state index contributed by atoms with van der Waals surface area (Å²) in [6.45, 7) is 6.00. The van der Waals surface area contributed by atoms with Crippen molar-refractivity contribution >= 4 is 23.4 Å². The number of aryl methyl sites for hydroxylation is 3. The highest BCUT2D eigenvalue weighted by Crippen LogP contribution is 2.26. The van der Waals surface area contributed by atoms with Crippen LogP contribution in [0.2, 0.25) is 5.02 Å². The van der Waals surface area contributed by atoms with Crippen LogP contribution in [-0.2, 0) is 22.6 Å². The summed E-state index contributed by atoms with van der Waals surface area (Å²) in [7, 11) is 0. The molecule has 1 atom stereocenters. The standard InChI is InChI=1S/C32H37ClN2O3/c1-22-13-15-26(16-14-22)20-35(30(36)21-38-28-17-23(2)31(33)24(3)18-28)29(19-25-9-5-4-6-10-25)32(37)34-27-11-7-8-12-27/h4-6,9-10,13-18,27,29H,7-8,11-12,19-21H2,1-3H3,(H,34,37)/t29-/m0/s1. The summed E-state index contributed by atoms with van der Waals surface area (Å²) < 4.78 is 5.95. The van der Waals surface area contributed by atoms with E-state index in [1.165, 1.54) is 0 Å². The van der Waals surface area contributed by atoms with E-state index in [9.17, 15) is 9.59 Å². The second-order valence-corrected chi connectivity index (χ2v) is 10.7. The summed E-state index contributed by atoms with van der Waals surface area (Å²) in [4.78, 5) is 29.2. The largest absolute Gasteiger partial charge is 0.484 e. The fourth-order valence-electron chi connectivity index (χ4n) is 5.03. The summed E-state index contributed by atoms with van der Waals surface area (Å²) in [5.74, 6) is 0.237. The molecule has 3 aromatic rings. The first-order chi connectivity index (χ1) is 18.3. The highest BCUT2D eigenvalue weighted by molar-refractivity contribution is 6.32. The van der Waals surface area contributed by atoms with Crippen LogP contribution in [-0.4, -0.2) is 35.4 Å². The molecule has 0 unspecified atom stereocenters. The Bertz CT molecular complexity index is 1210. The minimum absolute atomic E-state index is 0.112. The number of nitrogens with zero attached hydrogens (tertiary/aromatic N) is 1. The normalized spacial score (nSPS) is 14.2. The van der Waals surface area contributed by atoms with Crippen molar-refractivity contribution < 1.29 is 14.3 Å². The van der Waals surface area contributed by atoms with Crippen LogP contribution < -0.4 is 10.1 Å². The minimum Gasteiger partial charge on any atom is -0.484 e. The highest BCUT2D eigenvalue weighted by atomic mass is 35.5. The SMILES string of the molecule is Cc1ccc(CN(C(=O)COc2cc(C)c(Cl)c(C)c2)[C@@H](Cc2ccccc2)C(=O)NC2CCCC2)cc1. The third kappa shape index (κ3) is 7.38. The number of nitrogens with one attached hydrogen (secondary N) is 1. The van der Waals surface area contributed by atoms with Crippen molar-refractivity contribution in [2.24, 2.45) is 0 Å². The molecule has 0 radical (unpaired) electrons.